The second-order valence-electron chi connectivity index (χ2n) is 3.26. The van der Waals surface area contributed by atoms with Gasteiger partial charge >= 0.3 is 0 Å². The summed E-state index contributed by atoms with van der Waals surface area (Å²) in [5.74, 6) is 0.0754. The van der Waals surface area contributed by atoms with E-state index in [0.717, 1.165) is 18.7 Å². The molecule has 3 nitrogen and oxygen atoms in total. The van der Waals surface area contributed by atoms with Crippen LogP contribution in [0.4, 0.5) is 5.69 Å². The molecule has 0 saturated carbocycles. The van der Waals surface area contributed by atoms with E-state index in [4.69, 9.17) is 0 Å². The molecule has 0 atom stereocenters. The molecular formula is C11H16ClIN2O. The van der Waals surface area contributed by atoms with Crippen molar-refractivity contribution in [1.29, 1.82) is 0 Å². The lowest BCUT2D eigenvalue weighted by molar-refractivity contribution is -0.116. The SMILES string of the molecule is CNCCCC(=O)Nc1ccc(I)cc1.Cl. The third kappa shape index (κ3) is 6.30. The third-order valence-electron chi connectivity index (χ3n) is 1.96. The first-order valence-corrected chi connectivity index (χ1v) is 6.00. The molecule has 2 N–H and O–H groups in total. The maximum absolute atomic E-state index is 11.4. The van der Waals surface area contributed by atoms with Crippen LogP contribution in [-0.4, -0.2) is 19.5 Å². The summed E-state index contributed by atoms with van der Waals surface area (Å²) in [5.41, 5.74) is 0.866. The standard InChI is InChI=1S/C11H15IN2O.ClH/c1-13-8-2-3-11(15)14-10-6-4-9(12)5-7-10;/h4-7,13H,2-3,8H2,1H3,(H,14,15);1H. The van der Waals surface area contributed by atoms with Gasteiger partial charge in [-0.2, -0.15) is 0 Å². The number of carbonyl (C=O) groups excluding carboxylic acids is 1. The molecule has 0 spiro atoms. The third-order valence-corrected chi connectivity index (χ3v) is 2.68. The highest BCUT2D eigenvalue weighted by Crippen LogP contribution is 2.11. The van der Waals surface area contributed by atoms with Crippen LogP contribution in [-0.2, 0) is 4.79 Å². The summed E-state index contributed by atoms with van der Waals surface area (Å²) in [6, 6.07) is 7.78. The fourth-order valence-electron chi connectivity index (χ4n) is 1.18. The largest absolute Gasteiger partial charge is 0.326 e. The van der Waals surface area contributed by atoms with Crippen molar-refractivity contribution >= 4 is 46.6 Å². The average molecular weight is 355 g/mol. The van der Waals surface area contributed by atoms with Crippen LogP contribution in [0.15, 0.2) is 24.3 Å². The van der Waals surface area contributed by atoms with Crippen molar-refractivity contribution in [3.05, 3.63) is 27.8 Å². The van der Waals surface area contributed by atoms with Gasteiger partial charge in [0.1, 0.15) is 0 Å². The summed E-state index contributed by atoms with van der Waals surface area (Å²) in [7, 11) is 1.89. The van der Waals surface area contributed by atoms with Crippen molar-refractivity contribution in [3.8, 4) is 0 Å². The molecule has 1 aromatic carbocycles. The number of amides is 1. The van der Waals surface area contributed by atoms with Crippen LogP contribution in [0, 0.1) is 3.57 Å². The zero-order chi connectivity index (χ0) is 11.1. The van der Waals surface area contributed by atoms with Crippen molar-refractivity contribution in [2.24, 2.45) is 0 Å². The Kier molecular flexibility index (Phi) is 8.60. The predicted octanol–water partition coefficient (Wildman–Crippen LogP) is 2.65. The molecular weight excluding hydrogens is 338 g/mol. The Morgan fingerprint density at radius 2 is 1.94 bits per heavy atom. The number of rotatable bonds is 5. The maximum atomic E-state index is 11.4. The van der Waals surface area contributed by atoms with Gasteiger partial charge in [0, 0.05) is 15.7 Å². The molecule has 0 saturated heterocycles. The number of hydrogen-bond donors (Lipinski definition) is 2. The number of carbonyl (C=O) groups is 1. The fraction of sp³-hybridized carbons (Fsp3) is 0.364. The maximum Gasteiger partial charge on any atom is 0.224 e. The van der Waals surface area contributed by atoms with Gasteiger partial charge in [-0.15, -0.1) is 12.4 Å². The molecule has 1 amide bonds. The quantitative estimate of drug-likeness (QED) is 0.630. The molecule has 0 aliphatic heterocycles. The van der Waals surface area contributed by atoms with Crippen LogP contribution in [0.2, 0.25) is 0 Å². The lowest BCUT2D eigenvalue weighted by atomic mass is 10.2. The minimum absolute atomic E-state index is 0. The predicted molar refractivity (Wildman–Crippen MR) is 78.2 cm³/mol. The van der Waals surface area contributed by atoms with E-state index in [2.05, 4.69) is 33.2 Å². The first kappa shape index (κ1) is 15.7. The molecule has 0 fully saturated rings. The van der Waals surface area contributed by atoms with Gasteiger partial charge in [0.25, 0.3) is 0 Å². The monoisotopic (exact) mass is 354 g/mol. The highest BCUT2D eigenvalue weighted by atomic mass is 127. The van der Waals surface area contributed by atoms with Crippen molar-refractivity contribution in [2.75, 3.05) is 18.9 Å². The Bertz CT molecular complexity index is 316. The zero-order valence-corrected chi connectivity index (χ0v) is 12.1. The Labute approximate surface area is 116 Å². The Balaban J connectivity index is 0.00000225. The molecule has 0 radical (unpaired) electrons. The van der Waals surface area contributed by atoms with Crippen LogP contribution in [0.25, 0.3) is 0 Å². The highest BCUT2D eigenvalue weighted by molar-refractivity contribution is 14.1. The van der Waals surface area contributed by atoms with Gasteiger partial charge in [-0.3, -0.25) is 4.79 Å². The molecule has 0 unspecified atom stereocenters. The van der Waals surface area contributed by atoms with Gasteiger partial charge in [0.05, 0.1) is 0 Å². The Morgan fingerprint density at radius 1 is 1.31 bits per heavy atom. The van der Waals surface area contributed by atoms with Crippen LogP contribution >= 0.6 is 35.0 Å². The van der Waals surface area contributed by atoms with Gasteiger partial charge in [-0.05, 0) is 66.9 Å². The van der Waals surface area contributed by atoms with Gasteiger partial charge in [-0.25, -0.2) is 0 Å². The van der Waals surface area contributed by atoms with Gasteiger partial charge in [-0.1, -0.05) is 0 Å². The van der Waals surface area contributed by atoms with Crippen molar-refractivity contribution < 1.29 is 4.79 Å². The zero-order valence-electron chi connectivity index (χ0n) is 9.13. The van der Waals surface area contributed by atoms with Gasteiger partial charge in [0.2, 0.25) is 5.91 Å². The first-order valence-electron chi connectivity index (χ1n) is 4.92. The number of benzene rings is 1. The van der Waals surface area contributed by atoms with E-state index in [-0.39, 0.29) is 18.3 Å². The lowest BCUT2D eigenvalue weighted by Gasteiger charge is -2.04. The van der Waals surface area contributed by atoms with Crippen molar-refractivity contribution in [2.45, 2.75) is 12.8 Å². The average Bonchev–Trinajstić information content (AvgIpc) is 2.22. The summed E-state index contributed by atoms with van der Waals surface area (Å²) in [6.45, 7) is 0.875. The van der Waals surface area contributed by atoms with E-state index < -0.39 is 0 Å². The van der Waals surface area contributed by atoms with Gasteiger partial charge < -0.3 is 10.6 Å². The molecule has 0 aromatic heterocycles. The topological polar surface area (TPSA) is 41.1 Å². The van der Waals surface area contributed by atoms with E-state index in [1.807, 2.05) is 31.3 Å². The minimum Gasteiger partial charge on any atom is -0.326 e. The second kappa shape index (κ2) is 8.78. The fourth-order valence-corrected chi connectivity index (χ4v) is 1.54. The van der Waals surface area contributed by atoms with E-state index in [9.17, 15) is 4.79 Å². The molecule has 0 aliphatic rings. The second-order valence-corrected chi connectivity index (χ2v) is 4.51. The highest BCUT2D eigenvalue weighted by Gasteiger charge is 2.01. The normalized spacial score (nSPS) is 9.38. The van der Waals surface area contributed by atoms with Crippen molar-refractivity contribution in [1.82, 2.24) is 5.32 Å². The summed E-state index contributed by atoms with van der Waals surface area (Å²) in [6.07, 6.45) is 1.43. The van der Waals surface area contributed by atoms with Crippen LogP contribution in [0.3, 0.4) is 0 Å². The van der Waals surface area contributed by atoms with Crippen LogP contribution in [0.1, 0.15) is 12.8 Å². The van der Waals surface area contributed by atoms with E-state index in [0.29, 0.717) is 6.42 Å². The lowest BCUT2D eigenvalue weighted by Crippen LogP contribution is -2.15. The minimum atomic E-state index is 0. The molecule has 5 heteroatoms. The van der Waals surface area contributed by atoms with E-state index >= 15 is 0 Å². The molecule has 0 heterocycles. The van der Waals surface area contributed by atoms with Crippen molar-refractivity contribution in [3.63, 3.8) is 0 Å². The number of nitrogens with one attached hydrogen (secondary N) is 2. The summed E-state index contributed by atoms with van der Waals surface area (Å²) in [4.78, 5) is 11.4. The first-order chi connectivity index (χ1) is 7.22. The number of halogens is 2. The molecule has 0 bridgehead atoms. The summed E-state index contributed by atoms with van der Waals surface area (Å²) in [5, 5.41) is 5.87. The van der Waals surface area contributed by atoms with Crippen LogP contribution in [0.5, 0.6) is 0 Å². The van der Waals surface area contributed by atoms with Crippen LogP contribution < -0.4 is 10.6 Å². The van der Waals surface area contributed by atoms with Gasteiger partial charge in [0.15, 0.2) is 0 Å². The Morgan fingerprint density at radius 3 is 2.50 bits per heavy atom. The molecule has 1 rings (SSSR count). The summed E-state index contributed by atoms with van der Waals surface area (Å²) < 4.78 is 1.17. The Hall–Kier alpha value is -0.330. The molecule has 0 aliphatic carbocycles. The molecule has 1 aromatic rings. The number of anilines is 1. The molecule has 16 heavy (non-hydrogen) atoms. The smallest absolute Gasteiger partial charge is 0.224 e. The van der Waals surface area contributed by atoms with E-state index in [1.54, 1.807) is 0 Å². The number of hydrogen-bond acceptors (Lipinski definition) is 2. The van der Waals surface area contributed by atoms with E-state index in [1.165, 1.54) is 3.57 Å². The summed E-state index contributed by atoms with van der Waals surface area (Å²) >= 11 is 2.24. The molecule has 90 valence electrons.